The highest BCUT2D eigenvalue weighted by Gasteiger charge is 2.20. The second kappa shape index (κ2) is 8.01. The molecule has 0 fully saturated rings. The summed E-state index contributed by atoms with van der Waals surface area (Å²) in [6.45, 7) is -0.229. The highest BCUT2D eigenvalue weighted by Crippen LogP contribution is 2.32. The van der Waals surface area contributed by atoms with Crippen LogP contribution < -0.4 is 15.8 Å². The molecule has 1 unspecified atom stereocenters. The lowest BCUT2D eigenvalue weighted by atomic mass is 10.1. The zero-order valence-electron chi connectivity index (χ0n) is 13.8. The molecular formula is C20H17BrN2O3. The summed E-state index contributed by atoms with van der Waals surface area (Å²) >= 11 is 3.51. The van der Waals surface area contributed by atoms with Gasteiger partial charge in [-0.3, -0.25) is 9.59 Å². The normalized spacial score (nSPS) is 11.7. The minimum atomic E-state index is -0.896. The average Bonchev–Trinajstić information content (AvgIpc) is 2.66. The molecule has 1 atom stereocenters. The summed E-state index contributed by atoms with van der Waals surface area (Å²) in [5.74, 6) is -0.511. The Morgan fingerprint density at radius 3 is 2.42 bits per heavy atom. The summed E-state index contributed by atoms with van der Waals surface area (Å²) in [5, 5.41) is 4.66. The third kappa shape index (κ3) is 4.03. The maximum atomic E-state index is 12.2. The van der Waals surface area contributed by atoms with Gasteiger partial charge in [-0.2, -0.15) is 0 Å². The van der Waals surface area contributed by atoms with E-state index in [9.17, 15) is 9.59 Å². The van der Waals surface area contributed by atoms with Crippen LogP contribution in [0.25, 0.3) is 10.8 Å². The molecule has 2 amide bonds. The lowest BCUT2D eigenvalue weighted by Crippen LogP contribution is -2.39. The third-order valence-electron chi connectivity index (χ3n) is 3.91. The Bertz CT molecular complexity index is 944. The Hall–Kier alpha value is -2.86. The van der Waals surface area contributed by atoms with Crippen molar-refractivity contribution in [2.75, 3.05) is 6.61 Å². The van der Waals surface area contributed by atoms with E-state index in [4.69, 9.17) is 10.5 Å². The predicted octanol–water partition coefficient (Wildman–Crippen LogP) is 3.32. The monoisotopic (exact) mass is 412 g/mol. The lowest BCUT2D eigenvalue weighted by Gasteiger charge is -2.16. The number of carbonyl (C=O) groups excluding carboxylic acids is 2. The first-order valence-electron chi connectivity index (χ1n) is 8.00. The van der Waals surface area contributed by atoms with E-state index in [0.29, 0.717) is 11.3 Å². The van der Waals surface area contributed by atoms with Gasteiger partial charge in [0.1, 0.15) is 11.8 Å². The number of hydrogen-bond donors (Lipinski definition) is 2. The van der Waals surface area contributed by atoms with Crippen molar-refractivity contribution in [1.82, 2.24) is 5.32 Å². The number of primary amides is 1. The van der Waals surface area contributed by atoms with Gasteiger partial charge in [-0.25, -0.2) is 0 Å². The fourth-order valence-electron chi connectivity index (χ4n) is 2.64. The van der Waals surface area contributed by atoms with Crippen molar-refractivity contribution in [2.24, 2.45) is 5.73 Å². The lowest BCUT2D eigenvalue weighted by molar-refractivity contribution is -0.128. The van der Waals surface area contributed by atoms with Crippen LogP contribution in [0.1, 0.15) is 11.6 Å². The first-order valence-corrected chi connectivity index (χ1v) is 8.79. The van der Waals surface area contributed by atoms with Crippen LogP contribution in [0.4, 0.5) is 0 Å². The van der Waals surface area contributed by atoms with E-state index in [2.05, 4.69) is 21.2 Å². The minimum absolute atomic E-state index is 0.229. The highest BCUT2D eigenvalue weighted by molar-refractivity contribution is 9.10. The number of amides is 2. The van der Waals surface area contributed by atoms with Crippen LogP contribution in [0.2, 0.25) is 0 Å². The molecule has 6 heteroatoms. The second-order valence-electron chi connectivity index (χ2n) is 5.70. The molecule has 132 valence electrons. The molecule has 3 rings (SSSR count). The summed E-state index contributed by atoms with van der Waals surface area (Å²) in [7, 11) is 0. The number of halogens is 1. The zero-order valence-corrected chi connectivity index (χ0v) is 15.4. The fraction of sp³-hybridized carbons (Fsp3) is 0.100. The zero-order chi connectivity index (χ0) is 18.5. The number of rotatable bonds is 6. The van der Waals surface area contributed by atoms with Crippen molar-refractivity contribution in [3.05, 3.63) is 76.8 Å². The Morgan fingerprint density at radius 2 is 1.69 bits per heavy atom. The Labute approximate surface area is 159 Å². The molecule has 3 aromatic rings. The van der Waals surface area contributed by atoms with Crippen LogP contribution >= 0.6 is 15.9 Å². The summed E-state index contributed by atoms with van der Waals surface area (Å²) in [6, 6.07) is 19.5. The summed E-state index contributed by atoms with van der Waals surface area (Å²) in [6.07, 6.45) is 0. The summed E-state index contributed by atoms with van der Waals surface area (Å²) in [5.41, 5.74) is 6.03. The first kappa shape index (κ1) is 17.9. The first-order chi connectivity index (χ1) is 12.6. The van der Waals surface area contributed by atoms with E-state index in [1.54, 1.807) is 30.3 Å². The largest absolute Gasteiger partial charge is 0.483 e. The van der Waals surface area contributed by atoms with E-state index in [1.807, 2.05) is 36.4 Å². The van der Waals surface area contributed by atoms with Crippen LogP contribution in [-0.4, -0.2) is 18.4 Å². The van der Waals surface area contributed by atoms with Crippen molar-refractivity contribution < 1.29 is 14.3 Å². The molecule has 0 saturated heterocycles. The summed E-state index contributed by atoms with van der Waals surface area (Å²) in [4.78, 5) is 23.9. The molecule has 0 saturated carbocycles. The topological polar surface area (TPSA) is 81.4 Å². The molecule has 0 bridgehead atoms. The Balaban J connectivity index is 1.69. The molecule has 0 aliphatic heterocycles. The molecule has 0 radical (unpaired) electrons. The van der Waals surface area contributed by atoms with Crippen molar-refractivity contribution >= 4 is 38.5 Å². The van der Waals surface area contributed by atoms with Crippen LogP contribution in [0, 0.1) is 0 Å². The van der Waals surface area contributed by atoms with Crippen molar-refractivity contribution in [2.45, 2.75) is 6.04 Å². The molecule has 0 spiro atoms. The van der Waals surface area contributed by atoms with E-state index in [0.717, 1.165) is 15.2 Å². The molecule has 0 aromatic heterocycles. The van der Waals surface area contributed by atoms with Crippen molar-refractivity contribution in [3.8, 4) is 5.75 Å². The van der Waals surface area contributed by atoms with Gasteiger partial charge in [0, 0.05) is 0 Å². The van der Waals surface area contributed by atoms with Gasteiger partial charge >= 0.3 is 0 Å². The predicted molar refractivity (Wildman–Crippen MR) is 104 cm³/mol. The van der Waals surface area contributed by atoms with Gasteiger partial charge in [0.05, 0.1) is 4.47 Å². The van der Waals surface area contributed by atoms with Crippen molar-refractivity contribution in [3.63, 3.8) is 0 Å². The highest BCUT2D eigenvalue weighted by atomic mass is 79.9. The average molecular weight is 413 g/mol. The number of ether oxygens (including phenoxy) is 1. The Kier molecular flexibility index (Phi) is 5.53. The van der Waals surface area contributed by atoms with Gasteiger partial charge in [0.25, 0.3) is 5.91 Å². The van der Waals surface area contributed by atoms with Crippen LogP contribution in [0.15, 0.2) is 71.2 Å². The van der Waals surface area contributed by atoms with Crippen LogP contribution in [0.3, 0.4) is 0 Å². The Morgan fingerprint density at radius 1 is 1.00 bits per heavy atom. The van der Waals surface area contributed by atoms with Gasteiger partial charge in [0.15, 0.2) is 6.61 Å². The number of nitrogens with two attached hydrogens (primary N) is 1. The number of carbonyl (C=O) groups is 2. The quantitative estimate of drug-likeness (QED) is 0.651. The molecule has 3 aromatic carbocycles. The standard InChI is InChI=1S/C20H17BrN2O3/c21-18-15-9-5-4-6-13(15)10-11-16(18)26-12-17(24)23-19(20(22)25)14-7-2-1-3-8-14/h1-11,19H,12H2,(H2,22,25)(H,23,24). The molecule has 26 heavy (non-hydrogen) atoms. The minimum Gasteiger partial charge on any atom is -0.483 e. The molecule has 3 N–H and O–H groups in total. The van der Waals surface area contributed by atoms with E-state index in [-0.39, 0.29) is 6.61 Å². The van der Waals surface area contributed by atoms with E-state index in [1.165, 1.54) is 0 Å². The van der Waals surface area contributed by atoms with Gasteiger partial charge in [-0.15, -0.1) is 0 Å². The smallest absolute Gasteiger partial charge is 0.258 e. The van der Waals surface area contributed by atoms with Gasteiger partial charge in [-0.05, 0) is 38.3 Å². The number of nitrogens with one attached hydrogen (secondary N) is 1. The van der Waals surface area contributed by atoms with Crippen LogP contribution in [0.5, 0.6) is 5.75 Å². The van der Waals surface area contributed by atoms with Gasteiger partial charge < -0.3 is 15.8 Å². The van der Waals surface area contributed by atoms with Gasteiger partial charge in [0.2, 0.25) is 5.91 Å². The molecule has 0 aliphatic rings. The van der Waals surface area contributed by atoms with E-state index >= 15 is 0 Å². The maximum absolute atomic E-state index is 12.2. The molecule has 0 aliphatic carbocycles. The number of benzene rings is 3. The number of fused-ring (bicyclic) bond motifs is 1. The van der Waals surface area contributed by atoms with E-state index < -0.39 is 17.9 Å². The van der Waals surface area contributed by atoms with Gasteiger partial charge in [-0.1, -0.05) is 60.7 Å². The number of hydrogen-bond acceptors (Lipinski definition) is 3. The summed E-state index contributed by atoms with van der Waals surface area (Å²) < 4.78 is 6.39. The molecule has 5 nitrogen and oxygen atoms in total. The maximum Gasteiger partial charge on any atom is 0.258 e. The molecular weight excluding hydrogens is 396 g/mol. The fourth-order valence-corrected chi connectivity index (χ4v) is 3.24. The second-order valence-corrected chi connectivity index (χ2v) is 6.49. The SMILES string of the molecule is NC(=O)C(NC(=O)COc1ccc2ccccc2c1Br)c1ccccc1. The molecule has 0 heterocycles. The van der Waals surface area contributed by atoms with Crippen molar-refractivity contribution in [1.29, 1.82) is 0 Å². The van der Waals surface area contributed by atoms with Crippen LogP contribution in [-0.2, 0) is 9.59 Å². The third-order valence-corrected chi connectivity index (χ3v) is 4.73.